The molecule has 0 aromatic rings. The van der Waals surface area contributed by atoms with Crippen LogP contribution in [0.4, 0.5) is 0 Å². The Hall–Kier alpha value is -0.160. The molecule has 1 rings (SSSR count). The molecule has 1 aliphatic rings. The lowest BCUT2D eigenvalue weighted by Gasteiger charge is -2.16. The summed E-state index contributed by atoms with van der Waals surface area (Å²) in [5.41, 5.74) is 8.78. The second-order valence-corrected chi connectivity index (χ2v) is 2.13. The normalized spacial score (nSPS) is 29.6. The summed E-state index contributed by atoms with van der Waals surface area (Å²) < 4.78 is 0. The van der Waals surface area contributed by atoms with Crippen LogP contribution in [-0.2, 0) is 0 Å². The molecule has 0 aliphatic carbocycles. The van der Waals surface area contributed by atoms with E-state index in [0.29, 0.717) is 6.17 Å². The van der Waals surface area contributed by atoms with E-state index in [9.17, 15) is 0 Å². The number of hydrogen-bond acceptors (Lipinski definition) is 4. The van der Waals surface area contributed by atoms with Crippen LogP contribution in [0.25, 0.3) is 0 Å². The quantitative estimate of drug-likeness (QED) is 0.389. The highest BCUT2D eigenvalue weighted by Gasteiger charge is 2.13. The molecule has 1 heterocycles. The number of likely N-dealkylation sites (N-methyl/N-ethyl adjacent to an activating group) is 1. The molecule has 48 valence electrons. The molecule has 0 amide bonds. The molecule has 1 atom stereocenters. The Morgan fingerprint density at radius 2 is 2.25 bits per heavy atom. The van der Waals surface area contributed by atoms with E-state index >= 15 is 0 Å². The lowest BCUT2D eigenvalue weighted by atomic mass is 10.5. The van der Waals surface area contributed by atoms with Crippen LogP contribution >= 0.6 is 0 Å². The number of rotatable bonds is 1. The maximum absolute atomic E-state index is 3.02. The van der Waals surface area contributed by atoms with Crippen LogP contribution in [0.3, 0.4) is 0 Å². The summed E-state index contributed by atoms with van der Waals surface area (Å²) in [6, 6.07) is 0. The molecule has 3 N–H and O–H groups in total. The van der Waals surface area contributed by atoms with Gasteiger partial charge >= 0.3 is 0 Å². The van der Waals surface area contributed by atoms with E-state index in [-0.39, 0.29) is 0 Å². The lowest BCUT2D eigenvalue weighted by Crippen LogP contribution is -2.41. The van der Waals surface area contributed by atoms with Gasteiger partial charge < -0.3 is 0 Å². The number of nitrogens with zero attached hydrogens (tertiary/aromatic N) is 1. The zero-order chi connectivity index (χ0) is 5.98. The fourth-order valence-corrected chi connectivity index (χ4v) is 0.645. The minimum absolute atomic E-state index is 0.426. The van der Waals surface area contributed by atoms with E-state index in [0.717, 1.165) is 6.54 Å². The summed E-state index contributed by atoms with van der Waals surface area (Å²) in [6.45, 7) is 0.951. The first kappa shape index (κ1) is 5.97. The predicted octanol–water partition coefficient (Wildman–Crippen LogP) is -1.51. The largest absolute Gasteiger partial charge is 0.292 e. The molecule has 0 spiro atoms. The summed E-state index contributed by atoms with van der Waals surface area (Å²) in [4.78, 5) is 2.10. The zero-order valence-corrected chi connectivity index (χ0v) is 5.23. The Balaban J connectivity index is 2.24. The summed E-state index contributed by atoms with van der Waals surface area (Å²) in [6.07, 6.45) is 0.426. The minimum atomic E-state index is 0.426. The fraction of sp³-hybridized carbons (Fsp3) is 1.00. The van der Waals surface area contributed by atoms with Crippen molar-refractivity contribution in [3.05, 3.63) is 0 Å². The van der Waals surface area contributed by atoms with Crippen molar-refractivity contribution in [2.75, 3.05) is 20.6 Å². The second kappa shape index (κ2) is 2.41. The van der Waals surface area contributed by atoms with Gasteiger partial charge in [0.15, 0.2) is 0 Å². The maximum Gasteiger partial charge on any atom is 0.0878 e. The van der Waals surface area contributed by atoms with E-state index in [4.69, 9.17) is 0 Å². The molecule has 1 unspecified atom stereocenters. The van der Waals surface area contributed by atoms with Crippen LogP contribution < -0.4 is 16.4 Å². The fourth-order valence-electron chi connectivity index (χ4n) is 0.645. The second-order valence-electron chi connectivity index (χ2n) is 2.13. The predicted molar refractivity (Wildman–Crippen MR) is 31.7 cm³/mol. The van der Waals surface area contributed by atoms with Gasteiger partial charge in [0.05, 0.1) is 6.17 Å². The van der Waals surface area contributed by atoms with Crippen LogP contribution in [0.5, 0.6) is 0 Å². The van der Waals surface area contributed by atoms with E-state index in [1.165, 1.54) is 0 Å². The van der Waals surface area contributed by atoms with E-state index in [2.05, 4.69) is 21.3 Å². The van der Waals surface area contributed by atoms with Crippen molar-refractivity contribution >= 4 is 0 Å². The highest BCUT2D eigenvalue weighted by Crippen LogP contribution is 1.86. The molecule has 0 aromatic heterocycles. The first-order chi connectivity index (χ1) is 3.80. The van der Waals surface area contributed by atoms with E-state index in [1.807, 2.05) is 14.1 Å². The summed E-state index contributed by atoms with van der Waals surface area (Å²) in [5.74, 6) is 0. The topological polar surface area (TPSA) is 39.3 Å². The third kappa shape index (κ3) is 1.16. The van der Waals surface area contributed by atoms with E-state index in [1.54, 1.807) is 0 Å². The summed E-state index contributed by atoms with van der Waals surface area (Å²) in [5, 5.41) is 0. The van der Waals surface area contributed by atoms with Gasteiger partial charge in [-0.25, -0.2) is 10.9 Å². The number of nitrogens with one attached hydrogen (secondary N) is 3. The highest BCUT2D eigenvalue weighted by atomic mass is 15.7. The maximum atomic E-state index is 3.02. The molecule has 0 saturated carbocycles. The van der Waals surface area contributed by atoms with Crippen molar-refractivity contribution in [2.24, 2.45) is 0 Å². The third-order valence-electron chi connectivity index (χ3n) is 1.25. The van der Waals surface area contributed by atoms with Crippen LogP contribution in [-0.4, -0.2) is 31.7 Å². The molecule has 4 heteroatoms. The van der Waals surface area contributed by atoms with Crippen molar-refractivity contribution in [3.8, 4) is 0 Å². The highest BCUT2D eigenvalue weighted by molar-refractivity contribution is 4.66. The van der Waals surface area contributed by atoms with Gasteiger partial charge in [0.1, 0.15) is 0 Å². The Labute approximate surface area is 49.2 Å². The Morgan fingerprint density at radius 1 is 1.50 bits per heavy atom. The van der Waals surface area contributed by atoms with Gasteiger partial charge in [-0.3, -0.25) is 4.90 Å². The Bertz CT molecular complexity index is 66.4. The Kier molecular flexibility index (Phi) is 1.80. The molecule has 4 nitrogen and oxygen atoms in total. The number of hydrazine groups is 2. The van der Waals surface area contributed by atoms with Gasteiger partial charge in [0.2, 0.25) is 0 Å². The molecular weight excluding hydrogens is 104 g/mol. The standard InChI is InChI=1S/C4H12N4/c1-8(2)4-3-5-7-6-4/h4-7H,3H2,1-2H3. The SMILES string of the molecule is CN(C)C1CNNN1. The van der Waals surface area contributed by atoms with Gasteiger partial charge in [-0.1, -0.05) is 0 Å². The van der Waals surface area contributed by atoms with E-state index < -0.39 is 0 Å². The van der Waals surface area contributed by atoms with Crippen LogP contribution in [0, 0.1) is 0 Å². The lowest BCUT2D eigenvalue weighted by molar-refractivity contribution is 0.276. The van der Waals surface area contributed by atoms with Crippen molar-refractivity contribution < 1.29 is 0 Å². The van der Waals surface area contributed by atoms with Crippen LogP contribution in [0.2, 0.25) is 0 Å². The summed E-state index contributed by atoms with van der Waals surface area (Å²) in [7, 11) is 4.07. The average Bonchev–Trinajstić information content (AvgIpc) is 2.12. The third-order valence-corrected chi connectivity index (χ3v) is 1.25. The van der Waals surface area contributed by atoms with Gasteiger partial charge in [0.25, 0.3) is 0 Å². The molecular formula is C4H12N4. The number of hydrogen-bond donors (Lipinski definition) is 3. The van der Waals surface area contributed by atoms with Crippen molar-refractivity contribution in [2.45, 2.75) is 6.17 Å². The van der Waals surface area contributed by atoms with Crippen LogP contribution in [0.15, 0.2) is 0 Å². The van der Waals surface area contributed by atoms with Gasteiger partial charge in [-0.2, -0.15) is 5.53 Å². The van der Waals surface area contributed by atoms with Crippen molar-refractivity contribution in [1.29, 1.82) is 0 Å². The monoisotopic (exact) mass is 116 g/mol. The molecule has 1 aliphatic heterocycles. The van der Waals surface area contributed by atoms with Crippen molar-refractivity contribution in [1.82, 2.24) is 21.3 Å². The smallest absolute Gasteiger partial charge is 0.0878 e. The molecule has 8 heavy (non-hydrogen) atoms. The van der Waals surface area contributed by atoms with Gasteiger partial charge in [-0.15, -0.1) is 0 Å². The van der Waals surface area contributed by atoms with Gasteiger partial charge in [-0.05, 0) is 14.1 Å². The minimum Gasteiger partial charge on any atom is -0.292 e. The molecule has 0 radical (unpaired) electrons. The zero-order valence-electron chi connectivity index (χ0n) is 5.23. The molecule has 0 aromatic carbocycles. The first-order valence-corrected chi connectivity index (χ1v) is 2.70. The molecule has 0 bridgehead atoms. The molecule has 1 fully saturated rings. The average molecular weight is 116 g/mol. The molecule has 1 saturated heterocycles. The van der Waals surface area contributed by atoms with Crippen LogP contribution in [0.1, 0.15) is 0 Å². The first-order valence-electron chi connectivity index (χ1n) is 2.70. The summed E-state index contributed by atoms with van der Waals surface area (Å²) >= 11 is 0. The van der Waals surface area contributed by atoms with Gasteiger partial charge in [0, 0.05) is 6.54 Å². The van der Waals surface area contributed by atoms with Crippen molar-refractivity contribution in [3.63, 3.8) is 0 Å². The Morgan fingerprint density at radius 3 is 2.50 bits per heavy atom.